The van der Waals surface area contributed by atoms with Gasteiger partial charge in [-0.3, -0.25) is 4.79 Å². The van der Waals surface area contributed by atoms with Gasteiger partial charge in [0.05, 0.1) is 0 Å². The Bertz CT molecular complexity index is 169. The molecule has 0 aliphatic rings. The van der Waals surface area contributed by atoms with E-state index in [9.17, 15) is 4.79 Å². The van der Waals surface area contributed by atoms with Crippen molar-refractivity contribution < 1.29 is 4.79 Å². The third-order valence-corrected chi connectivity index (χ3v) is 0.841. The summed E-state index contributed by atoms with van der Waals surface area (Å²) in [5.41, 5.74) is 1.25. The van der Waals surface area contributed by atoms with Gasteiger partial charge in [0.1, 0.15) is 6.29 Å². The van der Waals surface area contributed by atoms with Crippen LogP contribution >= 0.6 is 0 Å². The molecule has 0 aliphatic carbocycles. The van der Waals surface area contributed by atoms with Crippen molar-refractivity contribution in [2.45, 2.75) is 13.8 Å². The van der Waals surface area contributed by atoms with Crippen LogP contribution < -0.4 is 0 Å². The largest absolute Gasteiger partial charge is 0.299 e. The van der Waals surface area contributed by atoms with Gasteiger partial charge in [-0.15, -0.1) is 0 Å². The van der Waals surface area contributed by atoms with E-state index in [1.165, 1.54) is 11.6 Å². The summed E-state index contributed by atoms with van der Waals surface area (Å²) in [5, 5.41) is 0. The van der Waals surface area contributed by atoms with Crippen LogP contribution in [0.2, 0.25) is 0 Å². The van der Waals surface area contributed by atoms with Crippen LogP contribution in [-0.2, 0) is 4.79 Å². The van der Waals surface area contributed by atoms with Gasteiger partial charge >= 0.3 is 0 Å². The first-order valence-corrected chi connectivity index (χ1v) is 3.19. The average Bonchev–Trinajstić information content (AvgIpc) is 1.87. The summed E-state index contributed by atoms with van der Waals surface area (Å²) in [6.07, 6.45) is 9.61. The van der Waals surface area contributed by atoms with Gasteiger partial charge in [-0.1, -0.05) is 29.9 Å². The minimum atomic E-state index is 0.757. The lowest BCUT2D eigenvalue weighted by Gasteiger charge is -1.79. The van der Waals surface area contributed by atoms with Crippen LogP contribution in [0.3, 0.4) is 0 Å². The fraction of sp³-hybridized carbons (Fsp3) is 0.222. The molecular weight excluding hydrogens is 124 g/mol. The molecule has 0 saturated heterocycles. The lowest BCUT2D eigenvalue weighted by Crippen LogP contribution is -1.59. The lowest BCUT2D eigenvalue weighted by molar-refractivity contribution is -0.104. The van der Waals surface area contributed by atoms with Crippen LogP contribution in [0.15, 0.2) is 36.0 Å². The highest BCUT2D eigenvalue weighted by atomic mass is 16.1. The van der Waals surface area contributed by atoms with Crippen molar-refractivity contribution >= 4 is 6.29 Å². The molecule has 0 aromatic heterocycles. The van der Waals surface area contributed by atoms with Crippen molar-refractivity contribution in [2.75, 3.05) is 0 Å². The predicted octanol–water partition coefficient (Wildman–Crippen LogP) is 2.26. The van der Waals surface area contributed by atoms with Gasteiger partial charge in [-0.05, 0) is 19.9 Å². The second-order valence-electron chi connectivity index (χ2n) is 2.15. The van der Waals surface area contributed by atoms with E-state index in [0.29, 0.717) is 0 Å². The Morgan fingerprint density at radius 3 is 2.10 bits per heavy atom. The van der Waals surface area contributed by atoms with Gasteiger partial charge in [0.25, 0.3) is 0 Å². The Balaban J connectivity index is 3.67. The molecule has 0 unspecified atom stereocenters. The summed E-state index contributed by atoms with van der Waals surface area (Å²) in [6, 6.07) is 0. The molecule has 0 aromatic carbocycles. The molecule has 54 valence electrons. The highest BCUT2D eigenvalue weighted by molar-refractivity contribution is 5.65. The van der Waals surface area contributed by atoms with Gasteiger partial charge < -0.3 is 0 Å². The van der Waals surface area contributed by atoms with Crippen LogP contribution in [0, 0.1) is 0 Å². The fourth-order valence-electron chi connectivity index (χ4n) is 0.422. The van der Waals surface area contributed by atoms with Gasteiger partial charge in [0.15, 0.2) is 0 Å². The first-order chi connectivity index (χ1) is 4.77. The SMILES string of the molecule is CC(C)=C/C=C/C=C\C=O. The standard InChI is InChI=1S/C9H12O/c1-9(2)7-5-3-4-6-8-10/h3-8H,1-2H3/b5-3+,6-4-. The molecule has 0 fully saturated rings. The Kier molecular flexibility index (Phi) is 5.35. The number of allylic oxidation sites excluding steroid dienone is 6. The Labute approximate surface area is 61.8 Å². The second kappa shape index (κ2) is 6.02. The highest BCUT2D eigenvalue weighted by Gasteiger charge is 1.67. The number of carbonyl (C=O) groups excluding carboxylic acids is 1. The van der Waals surface area contributed by atoms with E-state index >= 15 is 0 Å². The first-order valence-electron chi connectivity index (χ1n) is 3.19. The fourth-order valence-corrected chi connectivity index (χ4v) is 0.422. The first kappa shape index (κ1) is 8.89. The average molecular weight is 136 g/mol. The molecular formula is C9H12O. The number of hydrogen-bond acceptors (Lipinski definition) is 1. The number of aldehydes is 1. The zero-order valence-electron chi connectivity index (χ0n) is 6.37. The van der Waals surface area contributed by atoms with Crippen LogP contribution in [-0.4, -0.2) is 6.29 Å². The van der Waals surface area contributed by atoms with E-state index < -0.39 is 0 Å². The summed E-state index contributed by atoms with van der Waals surface area (Å²) in [4.78, 5) is 9.77. The summed E-state index contributed by atoms with van der Waals surface area (Å²) in [7, 11) is 0. The van der Waals surface area contributed by atoms with Gasteiger partial charge in [-0.25, -0.2) is 0 Å². The van der Waals surface area contributed by atoms with Crippen LogP contribution in [0.1, 0.15) is 13.8 Å². The molecule has 1 heteroatoms. The third kappa shape index (κ3) is 6.89. The van der Waals surface area contributed by atoms with Crippen LogP contribution in [0.5, 0.6) is 0 Å². The maximum atomic E-state index is 9.77. The summed E-state index contributed by atoms with van der Waals surface area (Å²) in [6.45, 7) is 4.04. The summed E-state index contributed by atoms with van der Waals surface area (Å²) >= 11 is 0. The molecule has 10 heavy (non-hydrogen) atoms. The van der Waals surface area contributed by atoms with Crippen molar-refractivity contribution in [2.24, 2.45) is 0 Å². The van der Waals surface area contributed by atoms with E-state index in [0.717, 1.165) is 6.29 Å². The molecule has 0 atom stereocenters. The molecule has 0 bridgehead atoms. The maximum absolute atomic E-state index is 9.77. The molecule has 1 nitrogen and oxygen atoms in total. The number of rotatable bonds is 3. The summed E-state index contributed by atoms with van der Waals surface area (Å²) < 4.78 is 0. The van der Waals surface area contributed by atoms with Crippen molar-refractivity contribution in [3.05, 3.63) is 36.0 Å². The molecule has 0 N–H and O–H groups in total. The third-order valence-electron chi connectivity index (χ3n) is 0.841. The molecule has 0 aromatic rings. The molecule has 0 aliphatic heterocycles. The van der Waals surface area contributed by atoms with Crippen molar-refractivity contribution in [1.29, 1.82) is 0 Å². The van der Waals surface area contributed by atoms with Crippen molar-refractivity contribution in [3.8, 4) is 0 Å². The lowest BCUT2D eigenvalue weighted by atomic mass is 10.3. The Hall–Kier alpha value is -1.11. The summed E-state index contributed by atoms with van der Waals surface area (Å²) in [5.74, 6) is 0. The smallest absolute Gasteiger partial charge is 0.142 e. The van der Waals surface area contributed by atoms with E-state index in [-0.39, 0.29) is 0 Å². The van der Waals surface area contributed by atoms with Crippen molar-refractivity contribution in [1.82, 2.24) is 0 Å². The van der Waals surface area contributed by atoms with Gasteiger partial charge in [0, 0.05) is 0 Å². The number of carbonyl (C=O) groups is 1. The van der Waals surface area contributed by atoms with Crippen LogP contribution in [0.25, 0.3) is 0 Å². The van der Waals surface area contributed by atoms with E-state index in [1.807, 2.05) is 32.1 Å². The zero-order valence-corrected chi connectivity index (χ0v) is 6.37. The molecule has 0 heterocycles. The monoisotopic (exact) mass is 136 g/mol. The molecule has 0 saturated carbocycles. The topological polar surface area (TPSA) is 17.1 Å². The zero-order chi connectivity index (χ0) is 7.82. The van der Waals surface area contributed by atoms with E-state index in [2.05, 4.69) is 0 Å². The Morgan fingerprint density at radius 1 is 1.00 bits per heavy atom. The maximum Gasteiger partial charge on any atom is 0.142 e. The minimum Gasteiger partial charge on any atom is -0.299 e. The molecule has 0 spiro atoms. The minimum absolute atomic E-state index is 0.757. The second-order valence-corrected chi connectivity index (χ2v) is 2.15. The number of hydrogen-bond donors (Lipinski definition) is 0. The molecule has 0 rings (SSSR count). The van der Waals surface area contributed by atoms with Crippen LogP contribution in [0.4, 0.5) is 0 Å². The van der Waals surface area contributed by atoms with Gasteiger partial charge in [-0.2, -0.15) is 0 Å². The molecule has 0 amide bonds. The van der Waals surface area contributed by atoms with E-state index in [4.69, 9.17) is 0 Å². The molecule has 0 radical (unpaired) electrons. The Morgan fingerprint density at radius 2 is 1.60 bits per heavy atom. The van der Waals surface area contributed by atoms with Crippen molar-refractivity contribution in [3.63, 3.8) is 0 Å². The van der Waals surface area contributed by atoms with Gasteiger partial charge in [0.2, 0.25) is 0 Å². The van der Waals surface area contributed by atoms with E-state index in [1.54, 1.807) is 6.08 Å². The quantitative estimate of drug-likeness (QED) is 0.330. The normalized spacial score (nSPS) is 10.6. The highest BCUT2D eigenvalue weighted by Crippen LogP contribution is 1.88. The predicted molar refractivity (Wildman–Crippen MR) is 43.8 cm³/mol.